The lowest BCUT2D eigenvalue weighted by atomic mass is 10.0. The van der Waals surface area contributed by atoms with Crippen LogP contribution >= 0.6 is 0 Å². The third kappa shape index (κ3) is 2.03. The Hall–Kier alpha value is -2.42. The van der Waals surface area contributed by atoms with Gasteiger partial charge in [0.25, 0.3) is 0 Å². The van der Waals surface area contributed by atoms with Crippen LogP contribution in [0.2, 0.25) is 0 Å². The van der Waals surface area contributed by atoms with Gasteiger partial charge in [-0.05, 0) is 31.2 Å². The Bertz CT molecular complexity index is 773. The number of halogens is 1. The molecule has 0 unspecified atom stereocenters. The smallest absolute Gasteiger partial charge is 0.195 e. The molecule has 0 saturated heterocycles. The summed E-state index contributed by atoms with van der Waals surface area (Å²) >= 11 is 0. The third-order valence-corrected chi connectivity index (χ3v) is 3.17. The molecule has 0 aliphatic heterocycles. The minimum absolute atomic E-state index is 0.170. The van der Waals surface area contributed by atoms with E-state index >= 15 is 0 Å². The summed E-state index contributed by atoms with van der Waals surface area (Å²) in [6, 6.07) is 11.6. The second-order valence-corrected chi connectivity index (χ2v) is 4.59. The fourth-order valence-corrected chi connectivity index (χ4v) is 2.21. The topological polar surface area (TPSA) is 32.9 Å². The molecule has 0 atom stereocenters. The van der Waals surface area contributed by atoms with Crippen molar-refractivity contribution in [3.8, 4) is 0 Å². The number of carbonyl (C=O) groups excluding carboxylic acids is 1. The van der Waals surface area contributed by atoms with Crippen LogP contribution in [0.1, 0.15) is 21.5 Å². The number of ketones is 1. The monoisotopic (exact) mass is 253 g/mol. The number of H-pyrrole nitrogens is 1. The predicted octanol–water partition coefficient (Wildman–Crippen LogP) is 3.85. The first-order valence-electron chi connectivity index (χ1n) is 6.03. The molecule has 19 heavy (non-hydrogen) atoms. The number of hydrogen-bond acceptors (Lipinski definition) is 1. The molecular formula is C16H12FNO. The highest BCUT2D eigenvalue weighted by atomic mass is 19.1. The molecule has 1 aromatic heterocycles. The highest BCUT2D eigenvalue weighted by Gasteiger charge is 2.14. The number of nitrogens with one attached hydrogen (secondary N) is 1. The SMILES string of the molecule is Cc1ccc2[nH]cc(C(=O)c3cccc(F)c3)c2c1. The quantitative estimate of drug-likeness (QED) is 0.691. The highest BCUT2D eigenvalue weighted by Crippen LogP contribution is 2.22. The molecule has 3 heteroatoms. The van der Waals surface area contributed by atoms with E-state index in [1.54, 1.807) is 18.3 Å². The van der Waals surface area contributed by atoms with Crippen molar-refractivity contribution in [2.45, 2.75) is 6.92 Å². The maximum atomic E-state index is 13.2. The molecule has 0 saturated carbocycles. The molecule has 0 aliphatic carbocycles. The molecule has 0 aliphatic rings. The second-order valence-electron chi connectivity index (χ2n) is 4.59. The molecule has 0 bridgehead atoms. The van der Waals surface area contributed by atoms with E-state index < -0.39 is 5.82 Å². The van der Waals surface area contributed by atoms with Gasteiger partial charge < -0.3 is 4.98 Å². The Kier molecular flexibility index (Phi) is 2.67. The van der Waals surface area contributed by atoms with E-state index in [9.17, 15) is 9.18 Å². The van der Waals surface area contributed by atoms with Gasteiger partial charge >= 0.3 is 0 Å². The predicted molar refractivity (Wildman–Crippen MR) is 72.9 cm³/mol. The summed E-state index contributed by atoms with van der Waals surface area (Å²) in [5.74, 6) is -0.571. The number of aryl methyl sites for hydroxylation is 1. The van der Waals surface area contributed by atoms with Gasteiger partial charge in [-0.25, -0.2) is 4.39 Å². The molecule has 94 valence electrons. The minimum atomic E-state index is -0.401. The lowest BCUT2D eigenvalue weighted by molar-refractivity contribution is 0.104. The molecule has 0 spiro atoms. The molecule has 3 rings (SSSR count). The molecule has 0 fully saturated rings. The summed E-state index contributed by atoms with van der Waals surface area (Å²) < 4.78 is 13.2. The highest BCUT2D eigenvalue weighted by molar-refractivity contribution is 6.16. The summed E-state index contributed by atoms with van der Waals surface area (Å²) in [6.07, 6.45) is 1.68. The minimum Gasteiger partial charge on any atom is -0.360 e. The van der Waals surface area contributed by atoms with Crippen LogP contribution in [0, 0.1) is 12.7 Å². The first-order chi connectivity index (χ1) is 9.15. The van der Waals surface area contributed by atoms with E-state index in [2.05, 4.69) is 4.98 Å². The molecule has 1 heterocycles. The third-order valence-electron chi connectivity index (χ3n) is 3.17. The fraction of sp³-hybridized carbons (Fsp3) is 0.0625. The average Bonchev–Trinajstić information content (AvgIpc) is 2.80. The van der Waals surface area contributed by atoms with E-state index in [1.165, 1.54) is 12.1 Å². The van der Waals surface area contributed by atoms with E-state index in [0.29, 0.717) is 11.1 Å². The van der Waals surface area contributed by atoms with Gasteiger partial charge in [-0.15, -0.1) is 0 Å². The van der Waals surface area contributed by atoms with Crippen molar-refractivity contribution in [3.05, 3.63) is 71.2 Å². The number of benzene rings is 2. The van der Waals surface area contributed by atoms with Crippen LogP contribution in [0.25, 0.3) is 10.9 Å². The summed E-state index contributed by atoms with van der Waals surface area (Å²) in [5, 5.41) is 0.870. The number of hydrogen-bond donors (Lipinski definition) is 1. The van der Waals surface area contributed by atoms with Crippen LogP contribution in [0.15, 0.2) is 48.7 Å². The van der Waals surface area contributed by atoms with Gasteiger partial charge in [0, 0.05) is 28.2 Å². The van der Waals surface area contributed by atoms with Crippen molar-refractivity contribution in [3.63, 3.8) is 0 Å². The standard InChI is InChI=1S/C16H12FNO/c1-10-5-6-15-13(7-10)14(9-18-15)16(19)11-3-2-4-12(17)8-11/h2-9,18H,1H3. The Morgan fingerprint density at radius 2 is 2.00 bits per heavy atom. The Balaban J connectivity index is 2.14. The fourth-order valence-electron chi connectivity index (χ4n) is 2.21. The van der Waals surface area contributed by atoms with Crippen molar-refractivity contribution >= 4 is 16.7 Å². The summed E-state index contributed by atoms with van der Waals surface area (Å²) in [7, 11) is 0. The maximum Gasteiger partial charge on any atom is 0.195 e. The first-order valence-corrected chi connectivity index (χ1v) is 6.03. The number of aromatic amines is 1. The molecule has 0 radical (unpaired) electrons. The van der Waals surface area contributed by atoms with Crippen LogP contribution in [0.4, 0.5) is 4.39 Å². The van der Waals surface area contributed by atoms with Crippen LogP contribution in [-0.4, -0.2) is 10.8 Å². The summed E-state index contributed by atoms with van der Waals surface area (Å²) in [6.45, 7) is 1.98. The molecule has 2 aromatic carbocycles. The van der Waals surface area contributed by atoms with Crippen molar-refractivity contribution < 1.29 is 9.18 Å². The van der Waals surface area contributed by atoms with Gasteiger partial charge in [0.2, 0.25) is 0 Å². The van der Waals surface area contributed by atoms with Crippen molar-refractivity contribution in [1.29, 1.82) is 0 Å². The van der Waals surface area contributed by atoms with Gasteiger partial charge in [-0.2, -0.15) is 0 Å². The molecule has 2 nitrogen and oxygen atoms in total. The average molecular weight is 253 g/mol. The summed E-state index contributed by atoms with van der Waals surface area (Å²) in [4.78, 5) is 15.5. The number of aromatic nitrogens is 1. The van der Waals surface area contributed by atoms with Crippen molar-refractivity contribution in [2.75, 3.05) is 0 Å². The van der Waals surface area contributed by atoms with Gasteiger partial charge in [0.15, 0.2) is 5.78 Å². The number of fused-ring (bicyclic) bond motifs is 1. The van der Waals surface area contributed by atoms with Gasteiger partial charge in [0.1, 0.15) is 5.82 Å². The lowest BCUT2D eigenvalue weighted by Gasteiger charge is -2.00. The normalized spacial score (nSPS) is 10.8. The zero-order valence-corrected chi connectivity index (χ0v) is 10.4. The van der Waals surface area contributed by atoms with Crippen LogP contribution in [0.3, 0.4) is 0 Å². The van der Waals surface area contributed by atoms with E-state index in [4.69, 9.17) is 0 Å². The first kappa shape index (κ1) is 11.7. The zero-order chi connectivity index (χ0) is 13.4. The lowest BCUT2D eigenvalue weighted by Crippen LogP contribution is -2.00. The largest absolute Gasteiger partial charge is 0.360 e. The van der Waals surface area contributed by atoms with Crippen LogP contribution < -0.4 is 0 Å². The second kappa shape index (κ2) is 4.35. The van der Waals surface area contributed by atoms with Crippen LogP contribution in [-0.2, 0) is 0 Å². The molecule has 3 aromatic rings. The van der Waals surface area contributed by atoms with Crippen LogP contribution in [0.5, 0.6) is 0 Å². The Labute approximate surface area is 109 Å². The zero-order valence-electron chi connectivity index (χ0n) is 10.4. The maximum absolute atomic E-state index is 13.2. The molecular weight excluding hydrogens is 241 g/mol. The van der Waals surface area contributed by atoms with E-state index in [-0.39, 0.29) is 5.78 Å². The summed E-state index contributed by atoms with van der Waals surface area (Å²) in [5.41, 5.74) is 2.93. The van der Waals surface area contributed by atoms with E-state index in [0.717, 1.165) is 16.5 Å². The van der Waals surface area contributed by atoms with Crippen molar-refractivity contribution in [1.82, 2.24) is 4.98 Å². The Morgan fingerprint density at radius 3 is 2.79 bits per heavy atom. The van der Waals surface area contributed by atoms with E-state index in [1.807, 2.05) is 25.1 Å². The number of carbonyl (C=O) groups is 1. The number of rotatable bonds is 2. The van der Waals surface area contributed by atoms with Gasteiger partial charge in [-0.3, -0.25) is 4.79 Å². The van der Waals surface area contributed by atoms with Crippen molar-refractivity contribution in [2.24, 2.45) is 0 Å². The van der Waals surface area contributed by atoms with Gasteiger partial charge in [0.05, 0.1) is 0 Å². The molecule has 0 amide bonds. The Morgan fingerprint density at radius 1 is 1.16 bits per heavy atom. The molecule has 1 N–H and O–H groups in total. The van der Waals surface area contributed by atoms with Gasteiger partial charge in [-0.1, -0.05) is 23.8 Å².